The van der Waals surface area contributed by atoms with Crippen molar-refractivity contribution in [2.24, 2.45) is 209 Å². The number of carbonyl (C=O) groups is 4. The minimum Gasteiger partial charge on any atom is -0.492 e. The van der Waals surface area contributed by atoms with E-state index in [4.69, 9.17) is 18.9 Å². The van der Waals surface area contributed by atoms with Gasteiger partial charge in [0.25, 0.3) is 5.19 Å². The van der Waals surface area contributed by atoms with Gasteiger partial charge in [-0.25, -0.2) is 29.1 Å². The first-order valence-corrected chi connectivity index (χ1v) is 61.4. The molecular weight excluding hydrogens is 1930 g/mol. The van der Waals surface area contributed by atoms with Crippen molar-refractivity contribution in [1.82, 2.24) is 15.0 Å². The number of nitrogens with zero attached hydrogens (tertiary/aromatic N) is 3. The summed E-state index contributed by atoms with van der Waals surface area (Å²) in [4.78, 5) is 58.2. The number of benzene rings is 1. The van der Waals surface area contributed by atoms with Crippen LogP contribution in [0.1, 0.15) is 383 Å². The van der Waals surface area contributed by atoms with Gasteiger partial charge in [0.1, 0.15) is 16.9 Å². The van der Waals surface area contributed by atoms with E-state index in [1.807, 2.05) is 0 Å². The Hall–Kier alpha value is -6.13. The van der Waals surface area contributed by atoms with Gasteiger partial charge in [0.2, 0.25) is 0 Å². The fraction of sp³-hybridized carbons (Fsp3) is 0.800. The van der Waals surface area contributed by atoms with Crippen LogP contribution in [0.4, 0.5) is 0 Å². The maximum atomic E-state index is 11.9. The Kier molecular flexibility index (Phi) is 34.3. The Labute approximate surface area is 902 Å². The Morgan fingerprint density at radius 3 is 1.03 bits per heavy atom. The van der Waals surface area contributed by atoms with E-state index in [2.05, 4.69) is 126 Å². The number of carboxylic acids is 4. The normalized spacial score (nSPS) is 43.5. The minimum absolute atomic E-state index is 0.0276. The predicted molar refractivity (Wildman–Crippen MR) is 584 cm³/mol. The van der Waals surface area contributed by atoms with Crippen molar-refractivity contribution in [1.29, 1.82) is 0 Å². The topological polar surface area (TPSA) is 387 Å². The van der Waals surface area contributed by atoms with Gasteiger partial charge < -0.3 is 80.2 Å². The van der Waals surface area contributed by atoms with Gasteiger partial charge in [0.15, 0.2) is 17.2 Å². The van der Waals surface area contributed by atoms with E-state index in [1.54, 1.807) is 41.1 Å². The summed E-state index contributed by atoms with van der Waals surface area (Å²) in [6, 6.07) is 9.89. The third kappa shape index (κ3) is 20.5. The van der Waals surface area contributed by atoms with Crippen LogP contribution in [0.3, 0.4) is 0 Å². The molecule has 5 aromatic rings. The fourth-order valence-corrected chi connectivity index (χ4v) is 42.5. The van der Waals surface area contributed by atoms with Crippen molar-refractivity contribution in [3.63, 3.8) is 0 Å². The number of rotatable bonds is 28. The third-order valence-corrected chi connectivity index (χ3v) is 50.0. The lowest BCUT2D eigenvalue weighted by molar-refractivity contribution is -0.203. The quantitative estimate of drug-likeness (QED) is 0.0221. The van der Waals surface area contributed by atoms with E-state index in [0.29, 0.717) is 203 Å². The van der Waals surface area contributed by atoms with Crippen LogP contribution in [0.15, 0.2) is 65.7 Å². The zero-order valence-electron chi connectivity index (χ0n) is 93.2. The summed E-state index contributed by atoms with van der Waals surface area (Å²) in [7, 11) is 0. The fourth-order valence-electron chi connectivity index (χ4n) is 40.9. The molecule has 16 fully saturated rings. The maximum absolute atomic E-state index is 11.9. The van der Waals surface area contributed by atoms with Gasteiger partial charge in [0.05, 0.1) is 97.2 Å². The molecule has 4 aromatic heterocycles. The Bertz CT molecular complexity index is 5310. The molecule has 16 aliphatic carbocycles. The number of aliphatic hydroxyl groups is 8. The van der Waals surface area contributed by atoms with E-state index in [9.17, 15) is 80.5 Å². The number of aliphatic hydroxyl groups excluding tert-OH is 8. The molecule has 0 spiro atoms. The molecule has 0 unspecified atom stereocenters. The summed E-state index contributed by atoms with van der Waals surface area (Å²) in [5.74, 6) is 10.5. The van der Waals surface area contributed by atoms with Gasteiger partial charge in [0, 0.05) is 23.2 Å². The second-order valence-corrected chi connectivity index (χ2v) is 55.9. The van der Waals surface area contributed by atoms with E-state index < -0.39 is 23.9 Å². The number of pyridine rings is 2. The molecule has 0 radical (unpaired) electrons. The molecule has 834 valence electrons. The summed E-state index contributed by atoms with van der Waals surface area (Å²) in [6.07, 6.45) is 41.1. The second-order valence-electron chi connectivity index (χ2n) is 54.2. The molecule has 150 heavy (non-hydrogen) atoms. The van der Waals surface area contributed by atoms with Gasteiger partial charge in [-0.05, 0) is 451 Å². The Morgan fingerprint density at radius 1 is 0.360 bits per heavy atom. The molecule has 1 aromatic carbocycles. The highest BCUT2D eigenvalue weighted by Crippen LogP contribution is 2.76. The van der Waals surface area contributed by atoms with Crippen LogP contribution in [0.25, 0.3) is 10.2 Å². The number of thiazole rings is 1. The zero-order valence-corrected chi connectivity index (χ0v) is 94.8. The molecule has 4 heterocycles. The molecular formula is C125H187N3O20S2. The SMILES string of the molecule is CC[C@H]1[C@@H](O)[C@@H]2[C@H](CC[C@]3(C)[C@@H]([C@H](C)CCOc4cccnc4C(=O)O)CC[C@@H]23)[C@@]2(C)CC[C@@H](O)C[C@@H]12.CC[C@H]1[C@@H](O)[C@@H]2[C@H](CC[C@]3(C)[C@@H]([C@H](C)CCOc4cnccc4C(=O)O)CC[C@@H]23)[C@@]2(C)CC[C@@H](O)C[C@@H]12.CC[C@H]1[C@@H](O)[C@@H]2[C@H](CC[C@]3(C)[C@@H]([C@H](C)CCOc4cscc4C(=O)O)CC[C@@H]23)[C@@]2(C)CC[C@@H](O)C[C@@H]12.CC[C@H]1[C@@H](O)[C@@H]2[C@H](CC[C@]3(C)[C@@H]([C@H](C)CCOc4nc5ccc(C(=O)O)cc5s4)CC[C@@H]23)[C@@]2(C)CC[C@@H](O)C[C@@H]12. The smallest absolute Gasteiger partial charge is 0.358 e. The number of hydrogen-bond acceptors (Lipinski definition) is 21. The van der Waals surface area contributed by atoms with Crippen molar-refractivity contribution in [2.45, 2.75) is 391 Å². The molecule has 16 saturated carbocycles. The molecule has 0 bridgehead atoms. The summed E-state index contributed by atoms with van der Waals surface area (Å²) in [5.41, 5.74) is 3.32. The first-order valence-electron chi connectivity index (χ1n) is 59.7. The first kappa shape index (κ1) is 113. The highest BCUT2D eigenvalue weighted by atomic mass is 32.1. The first-order chi connectivity index (χ1) is 71.4. The molecule has 23 nitrogen and oxygen atoms in total. The second kappa shape index (κ2) is 45.3. The van der Waals surface area contributed by atoms with E-state index in [0.717, 1.165) is 139 Å². The van der Waals surface area contributed by atoms with Crippen molar-refractivity contribution in [2.75, 3.05) is 26.4 Å². The van der Waals surface area contributed by atoms with Crippen molar-refractivity contribution in [3.05, 3.63) is 88.1 Å². The van der Waals surface area contributed by atoms with Crippen LogP contribution in [0.2, 0.25) is 0 Å². The molecule has 21 rings (SSSR count). The van der Waals surface area contributed by atoms with Crippen LogP contribution in [0, 0.1) is 209 Å². The van der Waals surface area contributed by atoms with Crippen molar-refractivity contribution >= 4 is 56.8 Å². The summed E-state index contributed by atoms with van der Waals surface area (Å²) >= 11 is 2.78. The lowest BCUT2D eigenvalue weighted by atomic mass is 9.41. The summed E-state index contributed by atoms with van der Waals surface area (Å²) in [5, 5.41) is 131. The van der Waals surface area contributed by atoms with Gasteiger partial charge in [-0.15, -0.1) is 11.3 Å². The average Bonchev–Trinajstić information content (AvgIpc) is 1.36. The number of aromatic carboxylic acids is 4. The molecule has 12 N–H and O–H groups in total. The molecule has 25 heteroatoms. The standard InChI is InChI=1S/C33H47NO5S.2C31H47NO5.C30H46O5S/c1-5-21-25-17-20(35)10-13-33(25,4)24-11-14-32(3)22(7-8-23(32)28(24)29(21)36)18(2)12-15-39-31-34-26-9-6-19(30(37)38)16-27(26)40-31;1-5-20-25-16-19(33)8-12-31(25,4)24-9-13-30(3)22(6-7-23(30)27(24)28(20)34)18(2)11-15-37-26-17-32-14-10-21(26)29(35)36;1-5-20-24-17-19(33)10-13-31(24,4)23-11-14-30(3)21(8-9-22(30)26(23)28(20)34)18(2)12-16-37-25-7-6-15-32-27(25)29(35)36;1-5-19-24-14-18(31)8-11-30(24,4)23-9-12-29(3)21(6-7-22(29)26(23)27(19)32)17(2)10-13-35-25-16-36-15-20(25)28(33)34/h6,9,16,18,20-25,28-29,35-36H,5,7-8,10-15,17H2,1-4H3,(H,37,38);10,14,17-20,22-25,27-28,33-34H,5-9,11-13,15-16H2,1-4H3,(H,35,36);6-7,15,18-24,26,28,33-34H,5,8-14,16-17H2,1-4H3,(H,35,36);15-19,21-24,26-27,31-32H,5-14H2,1-4H3,(H,33,34)/t18-,20-,21-,22-,23+,24+,25+,28+,29-,32-,33-;18-,19-,20-,22-,23+,24+,25+,27+,28-,30-,31-;18-,19-,20-,21-,22+,23+,24+,26+,28-,30-,31-;17-,18-,19-,21-,22+,23+,24+,26+,27-,29-,30-/m1111/s1. The van der Waals surface area contributed by atoms with Crippen LogP contribution in [-0.4, -0.2) is 175 Å². The van der Waals surface area contributed by atoms with E-state index in [-0.39, 0.29) is 126 Å². The molecule has 44 atom stereocenters. The van der Waals surface area contributed by atoms with Crippen LogP contribution >= 0.6 is 22.7 Å². The average molecular weight is 2120 g/mol. The zero-order chi connectivity index (χ0) is 107. The van der Waals surface area contributed by atoms with E-state index >= 15 is 0 Å². The summed E-state index contributed by atoms with van der Waals surface area (Å²) < 4.78 is 24.7. The number of thiophene rings is 1. The molecule has 0 aliphatic heterocycles. The van der Waals surface area contributed by atoms with Crippen LogP contribution in [-0.2, 0) is 0 Å². The number of ether oxygens (including phenoxy) is 4. The highest BCUT2D eigenvalue weighted by Gasteiger charge is 2.71. The van der Waals surface area contributed by atoms with Crippen LogP contribution < -0.4 is 18.9 Å². The van der Waals surface area contributed by atoms with Gasteiger partial charge in [-0.1, -0.05) is 148 Å². The van der Waals surface area contributed by atoms with Gasteiger partial charge in [-0.3, -0.25) is 4.98 Å². The number of carboxylic acid groups (broad SMARTS) is 4. The number of aromatic nitrogens is 3. The maximum Gasteiger partial charge on any atom is 0.358 e. The number of fused-ring (bicyclic) bond motifs is 21. The summed E-state index contributed by atoms with van der Waals surface area (Å²) in [6.45, 7) is 40.5. The monoisotopic (exact) mass is 2110 g/mol. The third-order valence-electron chi connectivity index (χ3n) is 48.4. The number of hydrogen-bond donors (Lipinski definition) is 12. The molecule has 0 amide bonds. The van der Waals surface area contributed by atoms with Crippen molar-refractivity contribution < 1.29 is 99.4 Å². The molecule has 0 saturated heterocycles. The lowest BCUT2D eigenvalue weighted by Gasteiger charge is -2.64. The Morgan fingerprint density at radius 2 is 0.693 bits per heavy atom. The largest absolute Gasteiger partial charge is 0.492 e. The highest BCUT2D eigenvalue weighted by molar-refractivity contribution is 7.20. The Balaban J connectivity index is 0.000000131. The van der Waals surface area contributed by atoms with Crippen molar-refractivity contribution in [3.8, 4) is 22.4 Å². The van der Waals surface area contributed by atoms with Crippen LogP contribution in [0.5, 0.6) is 22.4 Å². The molecule has 16 aliphatic rings. The minimum atomic E-state index is -1.06. The van der Waals surface area contributed by atoms with Gasteiger partial charge in [-0.2, -0.15) is 0 Å². The lowest BCUT2D eigenvalue weighted by Crippen LogP contribution is -2.62. The van der Waals surface area contributed by atoms with Gasteiger partial charge >= 0.3 is 23.9 Å². The predicted octanol–water partition coefficient (Wildman–Crippen LogP) is 25.1. The van der Waals surface area contributed by atoms with E-state index in [1.165, 1.54) is 150 Å².